The van der Waals surface area contributed by atoms with E-state index in [0.29, 0.717) is 0 Å². The minimum absolute atomic E-state index is 0.0607. The van der Waals surface area contributed by atoms with Crippen molar-refractivity contribution < 1.29 is 10.2 Å². The number of aliphatic hydroxyl groups is 1. The van der Waals surface area contributed by atoms with Crippen molar-refractivity contribution in [2.75, 3.05) is 0 Å². The first kappa shape index (κ1) is 8.87. The summed E-state index contributed by atoms with van der Waals surface area (Å²) in [5.74, 6) is 0.222. The fourth-order valence-corrected chi connectivity index (χ4v) is 2.55. The van der Waals surface area contributed by atoms with Gasteiger partial charge in [-0.25, -0.2) is 0 Å². The lowest BCUT2D eigenvalue weighted by Gasteiger charge is -2.01. The molecule has 2 nitrogen and oxygen atoms in total. The third kappa shape index (κ3) is 1.31. The summed E-state index contributed by atoms with van der Waals surface area (Å²) >= 11 is 5.70. The summed E-state index contributed by atoms with van der Waals surface area (Å²) in [5, 5.41) is 20.9. The normalized spacial score (nSPS) is 10.9. The van der Waals surface area contributed by atoms with Gasteiger partial charge in [0.15, 0.2) is 0 Å². The Morgan fingerprint density at radius 2 is 2.15 bits per heavy atom. The number of fused-ring (bicyclic) bond motifs is 1. The van der Waals surface area contributed by atoms with E-state index < -0.39 is 0 Å². The molecule has 1 aromatic heterocycles. The predicted octanol–water partition coefficient (Wildman–Crippen LogP) is 2.39. The van der Waals surface area contributed by atoms with Crippen LogP contribution in [0.3, 0.4) is 0 Å². The van der Waals surface area contributed by atoms with Crippen molar-refractivity contribution in [2.24, 2.45) is 0 Å². The second-order valence-corrected chi connectivity index (χ2v) is 4.09. The van der Waals surface area contributed by atoms with Crippen molar-refractivity contribution >= 4 is 34.1 Å². The molecule has 0 saturated heterocycles. The minimum atomic E-state index is -0.0607. The van der Waals surface area contributed by atoms with Crippen molar-refractivity contribution in [3.63, 3.8) is 0 Å². The average Bonchev–Trinajstić information content (AvgIpc) is 2.51. The molecule has 0 fully saturated rings. The summed E-state index contributed by atoms with van der Waals surface area (Å²) in [6, 6.07) is 3.60. The smallest absolute Gasteiger partial charge is 0.134 e. The lowest BCUT2D eigenvalue weighted by atomic mass is 10.1. The Kier molecular flexibility index (Phi) is 2.19. The maximum absolute atomic E-state index is 9.51. The maximum atomic E-state index is 9.51. The molecule has 0 aliphatic carbocycles. The maximum Gasteiger partial charge on any atom is 0.134 e. The lowest BCUT2D eigenvalue weighted by molar-refractivity contribution is 0.283. The number of thiol groups is 1. The molecule has 0 amide bonds. The highest BCUT2D eigenvalue weighted by Crippen LogP contribution is 2.37. The Morgan fingerprint density at radius 3 is 2.85 bits per heavy atom. The molecule has 2 aromatic rings. The van der Waals surface area contributed by atoms with E-state index in [1.807, 2.05) is 6.07 Å². The Bertz CT molecular complexity index is 448. The second-order valence-electron chi connectivity index (χ2n) is 2.73. The third-order valence-corrected chi connectivity index (χ3v) is 3.46. The second kappa shape index (κ2) is 3.21. The minimum Gasteiger partial charge on any atom is -0.506 e. The first-order valence-electron chi connectivity index (χ1n) is 3.76. The molecule has 2 N–H and O–H groups in total. The van der Waals surface area contributed by atoms with Gasteiger partial charge in [0, 0.05) is 15.7 Å². The number of thiophene rings is 1. The van der Waals surface area contributed by atoms with Gasteiger partial charge >= 0.3 is 0 Å². The molecular weight excluding hydrogens is 204 g/mol. The fraction of sp³-hybridized carbons (Fsp3) is 0.111. The van der Waals surface area contributed by atoms with Crippen molar-refractivity contribution in [3.05, 3.63) is 23.1 Å². The predicted molar refractivity (Wildman–Crippen MR) is 56.7 cm³/mol. The summed E-state index contributed by atoms with van der Waals surface area (Å²) in [6.07, 6.45) is 0. The van der Waals surface area contributed by atoms with Crippen LogP contribution in [-0.2, 0) is 6.61 Å². The van der Waals surface area contributed by atoms with Gasteiger partial charge in [-0.2, -0.15) is 0 Å². The topological polar surface area (TPSA) is 40.5 Å². The standard InChI is InChI=1S/C9H8O2S2/c10-3-5-1-2-7(12)9-8(5)6(11)4-13-9/h1-2,4,10-12H,3H2. The van der Waals surface area contributed by atoms with Gasteiger partial charge in [-0.1, -0.05) is 6.07 Å². The van der Waals surface area contributed by atoms with Gasteiger partial charge in [0.2, 0.25) is 0 Å². The monoisotopic (exact) mass is 212 g/mol. The van der Waals surface area contributed by atoms with Crippen molar-refractivity contribution in [1.82, 2.24) is 0 Å². The summed E-state index contributed by atoms with van der Waals surface area (Å²) in [5.41, 5.74) is 0.742. The van der Waals surface area contributed by atoms with Crippen LogP contribution in [0.15, 0.2) is 22.4 Å². The average molecular weight is 212 g/mol. The van der Waals surface area contributed by atoms with E-state index in [0.717, 1.165) is 20.5 Å². The van der Waals surface area contributed by atoms with Gasteiger partial charge in [0.05, 0.1) is 11.3 Å². The third-order valence-electron chi connectivity index (χ3n) is 1.94. The first-order chi connectivity index (χ1) is 6.24. The van der Waals surface area contributed by atoms with Crippen LogP contribution < -0.4 is 0 Å². The van der Waals surface area contributed by atoms with Crippen molar-refractivity contribution in [3.8, 4) is 5.75 Å². The van der Waals surface area contributed by atoms with Crippen LogP contribution in [0, 0.1) is 0 Å². The molecular formula is C9H8O2S2. The van der Waals surface area contributed by atoms with Gasteiger partial charge in [-0.15, -0.1) is 24.0 Å². The zero-order chi connectivity index (χ0) is 9.42. The highest BCUT2D eigenvalue weighted by molar-refractivity contribution is 7.80. The number of benzene rings is 1. The quantitative estimate of drug-likeness (QED) is 0.635. The van der Waals surface area contributed by atoms with Gasteiger partial charge in [-0.05, 0) is 11.6 Å². The summed E-state index contributed by atoms with van der Waals surface area (Å²) in [4.78, 5) is 0.831. The Labute approximate surface area is 84.9 Å². The van der Waals surface area contributed by atoms with Crippen LogP contribution in [0.5, 0.6) is 5.75 Å². The molecule has 0 bridgehead atoms. The van der Waals surface area contributed by atoms with E-state index in [1.165, 1.54) is 11.3 Å². The van der Waals surface area contributed by atoms with Crippen molar-refractivity contribution in [2.45, 2.75) is 11.5 Å². The zero-order valence-electron chi connectivity index (χ0n) is 6.69. The summed E-state index contributed by atoms with van der Waals surface area (Å²) < 4.78 is 0.924. The van der Waals surface area contributed by atoms with E-state index in [-0.39, 0.29) is 12.4 Å². The van der Waals surface area contributed by atoms with Crippen molar-refractivity contribution in [1.29, 1.82) is 0 Å². The molecule has 0 aliphatic rings. The molecule has 0 radical (unpaired) electrons. The molecule has 0 saturated carbocycles. The number of rotatable bonds is 1. The SMILES string of the molecule is OCc1ccc(S)c2scc(O)c12. The largest absolute Gasteiger partial charge is 0.506 e. The zero-order valence-corrected chi connectivity index (χ0v) is 8.40. The number of aliphatic hydroxyl groups excluding tert-OH is 1. The van der Waals surface area contributed by atoms with Crippen LogP contribution in [0.25, 0.3) is 10.1 Å². The van der Waals surface area contributed by atoms with Gasteiger partial charge in [0.25, 0.3) is 0 Å². The molecule has 1 heterocycles. The Hall–Kier alpha value is -0.710. The summed E-state index contributed by atoms with van der Waals surface area (Å²) in [6.45, 7) is -0.0607. The molecule has 0 spiro atoms. The first-order valence-corrected chi connectivity index (χ1v) is 5.08. The Morgan fingerprint density at radius 1 is 1.38 bits per heavy atom. The molecule has 2 rings (SSSR count). The number of hydrogen-bond acceptors (Lipinski definition) is 4. The van der Waals surface area contributed by atoms with Gasteiger partial charge in [-0.3, -0.25) is 0 Å². The molecule has 13 heavy (non-hydrogen) atoms. The Balaban J connectivity index is 2.88. The van der Waals surface area contributed by atoms with E-state index in [4.69, 9.17) is 5.11 Å². The summed E-state index contributed by atoms with van der Waals surface area (Å²) in [7, 11) is 0. The van der Waals surface area contributed by atoms with Crippen LogP contribution >= 0.6 is 24.0 Å². The lowest BCUT2D eigenvalue weighted by Crippen LogP contribution is -1.83. The van der Waals surface area contributed by atoms with Crippen LogP contribution in [0.2, 0.25) is 0 Å². The number of aromatic hydroxyl groups is 1. The van der Waals surface area contributed by atoms with Crippen LogP contribution in [0.1, 0.15) is 5.56 Å². The van der Waals surface area contributed by atoms with Gasteiger partial charge in [0.1, 0.15) is 5.75 Å². The molecule has 68 valence electrons. The molecule has 0 unspecified atom stereocenters. The van der Waals surface area contributed by atoms with E-state index in [2.05, 4.69) is 12.6 Å². The van der Waals surface area contributed by atoms with Gasteiger partial charge < -0.3 is 10.2 Å². The molecule has 1 aromatic carbocycles. The van der Waals surface area contributed by atoms with Crippen LogP contribution in [-0.4, -0.2) is 10.2 Å². The van der Waals surface area contributed by atoms with Crippen LogP contribution in [0.4, 0.5) is 0 Å². The molecule has 0 aliphatic heterocycles. The highest BCUT2D eigenvalue weighted by atomic mass is 32.1. The fourth-order valence-electron chi connectivity index (χ4n) is 1.32. The number of hydrogen-bond donors (Lipinski definition) is 3. The highest BCUT2D eigenvalue weighted by Gasteiger charge is 2.09. The van der Waals surface area contributed by atoms with E-state index in [1.54, 1.807) is 11.4 Å². The van der Waals surface area contributed by atoms with E-state index >= 15 is 0 Å². The van der Waals surface area contributed by atoms with E-state index in [9.17, 15) is 5.11 Å². The molecule has 4 heteroatoms. The molecule has 0 atom stereocenters.